The van der Waals surface area contributed by atoms with Gasteiger partial charge in [-0.1, -0.05) is 24.3 Å². The Labute approximate surface area is 123 Å². The second kappa shape index (κ2) is 5.99. The number of fused-ring (bicyclic) bond motifs is 1. The Morgan fingerprint density at radius 2 is 1.81 bits per heavy atom. The third-order valence-electron chi connectivity index (χ3n) is 3.56. The molecule has 0 radical (unpaired) electrons. The Bertz CT molecular complexity index is 634. The van der Waals surface area contributed by atoms with Crippen LogP contribution in [0.25, 0.3) is 0 Å². The second-order valence-electron chi connectivity index (χ2n) is 4.81. The highest BCUT2D eigenvalue weighted by Crippen LogP contribution is 2.23. The van der Waals surface area contributed by atoms with Crippen molar-refractivity contribution >= 4 is 23.2 Å². The summed E-state index contributed by atoms with van der Waals surface area (Å²) >= 11 is 0. The van der Waals surface area contributed by atoms with Crippen LogP contribution in [-0.4, -0.2) is 47.2 Å². The number of aliphatic imine (C=N–C) groups is 1. The zero-order chi connectivity index (χ0) is 15.6. The smallest absolute Gasteiger partial charge is 0.220 e. The topological polar surface area (TPSA) is 66.8 Å². The molecule has 5 nitrogen and oxygen atoms in total. The van der Waals surface area contributed by atoms with Gasteiger partial charge >= 0.3 is 0 Å². The van der Waals surface area contributed by atoms with Crippen molar-refractivity contribution in [1.29, 1.82) is 0 Å². The predicted octanol–water partition coefficient (Wildman–Crippen LogP) is 1.76. The molecule has 0 aromatic heterocycles. The fraction of sp³-hybridized carbons (Fsp3) is 0.375. The van der Waals surface area contributed by atoms with Crippen LogP contribution >= 0.6 is 0 Å². The Balaban J connectivity index is 2.63. The van der Waals surface area contributed by atoms with Gasteiger partial charge in [-0.25, -0.2) is 0 Å². The molecule has 0 saturated heterocycles. The van der Waals surface area contributed by atoms with E-state index in [4.69, 9.17) is 0 Å². The van der Waals surface area contributed by atoms with Gasteiger partial charge in [0.1, 0.15) is 11.8 Å². The molecule has 0 aliphatic heterocycles. The molecule has 0 spiro atoms. The van der Waals surface area contributed by atoms with E-state index in [0.29, 0.717) is 24.2 Å². The number of hydrogen-bond acceptors (Lipinski definition) is 4. The molecule has 21 heavy (non-hydrogen) atoms. The number of Topliss-reactive ketones (excluding diaryl/α,β-unsaturated/α-hetero) is 2. The van der Waals surface area contributed by atoms with E-state index in [0.717, 1.165) is 0 Å². The van der Waals surface area contributed by atoms with Crippen LogP contribution in [0, 0.1) is 0 Å². The maximum atomic E-state index is 12.7. The largest absolute Gasteiger partial charge is 0.327 e. The van der Waals surface area contributed by atoms with Crippen LogP contribution in [0.5, 0.6) is 0 Å². The van der Waals surface area contributed by atoms with E-state index >= 15 is 0 Å². The normalized spacial score (nSPS) is 19.6. The van der Waals surface area contributed by atoms with Crippen LogP contribution in [0.15, 0.2) is 29.3 Å². The first-order valence-electron chi connectivity index (χ1n) is 7.02. The lowest BCUT2D eigenvalue weighted by molar-refractivity contribution is -0.129. The average molecular weight is 286 g/mol. The summed E-state index contributed by atoms with van der Waals surface area (Å²) in [7, 11) is 0. The highest BCUT2D eigenvalue weighted by molar-refractivity contribution is 6.55. The molecule has 1 aliphatic carbocycles. The highest BCUT2D eigenvalue weighted by atomic mass is 16.2. The van der Waals surface area contributed by atoms with E-state index in [2.05, 4.69) is 4.99 Å². The van der Waals surface area contributed by atoms with E-state index in [9.17, 15) is 14.4 Å². The van der Waals surface area contributed by atoms with E-state index in [1.54, 1.807) is 38.1 Å². The van der Waals surface area contributed by atoms with Crippen molar-refractivity contribution in [2.45, 2.75) is 26.8 Å². The van der Waals surface area contributed by atoms with Crippen LogP contribution < -0.4 is 0 Å². The molecule has 1 aromatic rings. The number of carbonyl (C=O) groups is 3. The van der Waals surface area contributed by atoms with Gasteiger partial charge in [0.05, 0.1) is 0 Å². The summed E-state index contributed by atoms with van der Waals surface area (Å²) in [6.45, 7) is 5.72. The molecule has 0 N–H and O–H groups in total. The van der Waals surface area contributed by atoms with E-state index in [1.807, 2.05) is 0 Å². The molecule has 0 bridgehead atoms. The Hall–Kier alpha value is -2.30. The average Bonchev–Trinajstić information content (AvgIpc) is 2.48. The first kappa shape index (κ1) is 15.1. The van der Waals surface area contributed by atoms with Gasteiger partial charge in [0.15, 0.2) is 5.78 Å². The van der Waals surface area contributed by atoms with Crippen molar-refractivity contribution < 1.29 is 14.4 Å². The van der Waals surface area contributed by atoms with Crippen molar-refractivity contribution in [1.82, 2.24) is 4.90 Å². The summed E-state index contributed by atoms with van der Waals surface area (Å²) in [6, 6.07) is 5.78. The predicted molar refractivity (Wildman–Crippen MR) is 79.9 cm³/mol. The van der Waals surface area contributed by atoms with Crippen molar-refractivity contribution in [2.75, 3.05) is 13.1 Å². The Kier molecular flexibility index (Phi) is 4.31. The maximum Gasteiger partial charge on any atom is 0.220 e. The number of carbonyl (C=O) groups excluding carboxylic acids is 3. The Morgan fingerprint density at radius 3 is 2.33 bits per heavy atom. The first-order chi connectivity index (χ1) is 10.0. The monoisotopic (exact) mass is 286 g/mol. The quantitative estimate of drug-likeness (QED) is 0.850. The molecule has 0 saturated carbocycles. The number of hydrogen-bond donors (Lipinski definition) is 0. The van der Waals surface area contributed by atoms with E-state index in [1.165, 1.54) is 11.8 Å². The molecular formula is C16H18N2O3. The molecule has 1 aliphatic rings. The first-order valence-corrected chi connectivity index (χ1v) is 7.02. The molecule has 1 aromatic carbocycles. The molecule has 1 amide bonds. The van der Waals surface area contributed by atoms with Gasteiger partial charge in [-0.05, 0) is 13.8 Å². The van der Waals surface area contributed by atoms with Crippen LogP contribution in [-0.2, 0) is 4.79 Å². The van der Waals surface area contributed by atoms with Gasteiger partial charge in [0, 0.05) is 31.1 Å². The number of rotatable bonds is 3. The number of likely N-dealkylation sites (N-methyl/N-ethyl adjacent to an activating group) is 1. The van der Waals surface area contributed by atoms with Crippen molar-refractivity contribution in [3.8, 4) is 0 Å². The molecule has 0 fully saturated rings. The fourth-order valence-electron chi connectivity index (χ4n) is 2.63. The number of nitrogens with zero attached hydrogens (tertiary/aromatic N) is 2. The highest BCUT2D eigenvalue weighted by Gasteiger charge is 2.41. The lowest BCUT2D eigenvalue weighted by atomic mass is 9.83. The van der Waals surface area contributed by atoms with Crippen LogP contribution in [0.3, 0.4) is 0 Å². The minimum absolute atomic E-state index is 0.165. The lowest BCUT2D eigenvalue weighted by Gasteiger charge is -2.32. The molecule has 1 unspecified atom stereocenters. The van der Waals surface area contributed by atoms with Gasteiger partial charge in [0.2, 0.25) is 11.7 Å². The number of benzene rings is 1. The summed E-state index contributed by atoms with van der Waals surface area (Å²) in [5, 5.41) is 0. The Morgan fingerprint density at radius 1 is 1.19 bits per heavy atom. The molecule has 5 heteroatoms. The minimum atomic E-state index is -0.908. The zero-order valence-electron chi connectivity index (χ0n) is 12.4. The summed E-state index contributed by atoms with van der Waals surface area (Å²) in [6.07, 6.45) is 0. The van der Waals surface area contributed by atoms with Crippen LogP contribution in [0.1, 0.15) is 41.5 Å². The summed E-state index contributed by atoms with van der Waals surface area (Å²) < 4.78 is 0. The molecule has 110 valence electrons. The van der Waals surface area contributed by atoms with Gasteiger partial charge in [-0.3, -0.25) is 19.4 Å². The number of ketones is 2. The summed E-state index contributed by atoms with van der Waals surface area (Å²) in [5.74, 6) is -0.752. The van der Waals surface area contributed by atoms with Gasteiger partial charge in [-0.2, -0.15) is 0 Å². The standard InChI is InChI=1S/C16H18N2O3/c1-4-17-13-14(18(5-2)10(3)19)16(21)12-9-7-6-8-11(12)15(13)20/h6-9,14H,4-5H2,1-3H3. The zero-order valence-corrected chi connectivity index (χ0v) is 12.4. The van der Waals surface area contributed by atoms with E-state index in [-0.39, 0.29) is 23.2 Å². The minimum Gasteiger partial charge on any atom is -0.327 e. The summed E-state index contributed by atoms with van der Waals surface area (Å²) in [4.78, 5) is 42.7. The SMILES string of the molecule is CCN=C1C(=O)c2ccccc2C(=O)C1N(CC)C(C)=O. The van der Waals surface area contributed by atoms with Gasteiger partial charge in [0.25, 0.3) is 0 Å². The van der Waals surface area contributed by atoms with Crippen molar-refractivity contribution in [2.24, 2.45) is 4.99 Å². The van der Waals surface area contributed by atoms with Crippen LogP contribution in [0.2, 0.25) is 0 Å². The fourth-order valence-corrected chi connectivity index (χ4v) is 2.63. The molecule has 1 atom stereocenters. The molecular weight excluding hydrogens is 268 g/mol. The van der Waals surface area contributed by atoms with Crippen LogP contribution in [0.4, 0.5) is 0 Å². The molecule has 2 rings (SSSR count). The van der Waals surface area contributed by atoms with Gasteiger partial charge < -0.3 is 4.90 Å². The summed E-state index contributed by atoms with van der Waals surface area (Å²) in [5.41, 5.74) is 0.894. The van der Waals surface area contributed by atoms with Crippen molar-refractivity contribution in [3.63, 3.8) is 0 Å². The maximum absolute atomic E-state index is 12.7. The third-order valence-corrected chi connectivity index (χ3v) is 3.56. The third kappa shape index (κ3) is 2.51. The van der Waals surface area contributed by atoms with Gasteiger partial charge in [-0.15, -0.1) is 0 Å². The number of amides is 1. The molecule has 0 heterocycles. The van der Waals surface area contributed by atoms with Crippen molar-refractivity contribution in [3.05, 3.63) is 35.4 Å². The second-order valence-corrected chi connectivity index (χ2v) is 4.81. The van der Waals surface area contributed by atoms with E-state index < -0.39 is 6.04 Å². The lowest BCUT2D eigenvalue weighted by Crippen LogP contribution is -2.54.